The molecule has 0 unspecified atom stereocenters. The zero-order valence-corrected chi connectivity index (χ0v) is 9.02. The van der Waals surface area contributed by atoms with Gasteiger partial charge in [-0.3, -0.25) is 0 Å². The van der Waals surface area contributed by atoms with Crippen LogP contribution in [-0.4, -0.2) is 18.6 Å². The summed E-state index contributed by atoms with van der Waals surface area (Å²) < 4.78 is 22.0. The van der Waals surface area contributed by atoms with E-state index in [1.54, 1.807) is 19.9 Å². The zero-order chi connectivity index (χ0) is 10.9. The first kappa shape index (κ1) is 10.9. The molecule has 1 aromatic heterocycles. The molecule has 0 radical (unpaired) electrons. The number of aromatic nitrogens is 2. The Labute approximate surface area is 85.8 Å². The lowest BCUT2D eigenvalue weighted by molar-refractivity contribution is 0.603. The van der Waals surface area contributed by atoms with E-state index >= 15 is 0 Å². The molecule has 7 heteroatoms. The van der Waals surface area contributed by atoms with Crippen molar-refractivity contribution < 1.29 is 8.42 Å². The van der Waals surface area contributed by atoms with Gasteiger partial charge in [-0.05, 0) is 19.4 Å². The minimum atomic E-state index is -4.01. The molecule has 0 fully saturated rings. The molecule has 74 valence electrons. The van der Waals surface area contributed by atoms with E-state index in [4.69, 9.17) is 15.9 Å². The third-order valence-electron chi connectivity index (χ3n) is 1.77. The maximum absolute atomic E-state index is 11.0. The lowest BCUT2D eigenvalue weighted by atomic mass is 10.1. The molecular formula is C7H6ClN3O2S. The van der Waals surface area contributed by atoms with E-state index in [-0.39, 0.29) is 5.56 Å². The van der Waals surface area contributed by atoms with Gasteiger partial charge in [-0.2, -0.15) is 10.4 Å². The Morgan fingerprint density at radius 2 is 1.93 bits per heavy atom. The highest BCUT2D eigenvalue weighted by atomic mass is 35.7. The molecule has 1 heterocycles. The number of hydrogen-bond acceptors (Lipinski definition) is 5. The van der Waals surface area contributed by atoms with E-state index in [1.165, 1.54) is 0 Å². The summed E-state index contributed by atoms with van der Waals surface area (Å²) in [6.07, 6.45) is 0. The molecule has 0 saturated heterocycles. The second kappa shape index (κ2) is 3.52. The van der Waals surface area contributed by atoms with Gasteiger partial charge in [0.25, 0.3) is 9.05 Å². The van der Waals surface area contributed by atoms with Gasteiger partial charge in [0, 0.05) is 10.7 Å². The molecular weight excluding hydrogens is 226 g/mol. The van der Waals surface area contributed by atoms with Crippen LogP contribution in [0.1, 0.15) is 16.8 Å². The third-order valence-corrected chi connectivity index (χ3v) is 2.95. The van der Waals surface area contributed by atoms with E-state index in [0.29, 0.717) is 11.3 Å². The third kappa shape index (κ3) is 1.84. The van der Waals surface area contributed by atoms with E-state index in [0.717, 1.165) is 0 Å². The standard InChI is InChI=1S/C7H6ClN3O2S/c1-4-5(2)10-11-7(6(4)3-9)14(8,12)13/h1-2H3. The first-order valence-electron chi connectivity index (χ1n) is 3.56. The summed E-state index contributed by atoms with van der Waals surface area (Å²) in [7, 11) is 1.08. The molecule has 0 bridgehead atoms. The van der Waals surface area contributed by atoms with Crippen molar-refractivity contribution in [3.63, 3.8) is 0 Å². The lowest BCUT2D eigenvalue weighted by Crippen LogP contribution is -2.05. The molecule has 0 atom stereocenters. The largest absolute Gasteiger partial charge is 0.281 e. The highest BCUT2D eigenvalue weighted by molar-refractivity contribution is 8.13. The summed E-state index contributed by atoms with van der Waals surface area (Å²) in [6, 6.07) is 1.75. The van der Waals surface area contributed by atoms with Crippen LogP contribution >= 0.6 is 10.7 Å². The summed E-state index contributed by atoms with van der Waals surface area (Å²) in [5.74, 6) is 0. The number of halogens is 1. The first-order valence-corrected chi connectivity index (χ1v) is 5.87. The van der Waals surface area contributed by atoms with Crippen molar-refractivity contribution in [2.45, 2.75) is 18.9 Å². The SMILES string of the molecule is Cc1nnc(S(=O)(=O)Cl)c(C#N)c1C. The first-order chi connectivity index (χ1) is 6.38. The van der Waals surface area contributed by atoms with E-state index in [2.05, 4.69) is 10.2 Å². The lowest BCUT2D eigenvalue weighted by Gasteiger charge is -2.03. The van der Waals surface area contributed by atoms with Crippen molar-refractivity contribution in [3.8, 4) is 6.07 Å². The second-order valence-corrected chi connectivity index (χ2v) is 5.12. The smallest absolute Gasteiger partial charge is 0.205 e. The topological polar surface area (TPSA) is 83.7 Å². The Morgan fingerprint density at radius 3 is 2.36 bits per heavy atom. The van der Waals surface area contributed by atoms with Gasteiger partial charge in [0.2, 0.25) is 5.03 Å². The van der Waals surface area contributed by atoms with Crippen LogP contribution in [0.15, 0.2) is 5.03 Å². The Balaban J connectivity index is 3.66. The van der Waals surface area contributed by atoms with Gasteiger partial charge in [-0.15, -0.1) is 5.10 Å². The molecule has 0 aliphatic carbocycles. The molecule has 0 N–H and O–H groups in total. The Kier molecular flexibility index (Phi) is 2.73. The number of rotatable bonds is 1. The average molecular weight is 232 g/mol. The van der Waals surface area contributed by atoms with Crippen LogP contribution in [0, 0.1) is 25.2 Å². The van der Waals surface area contributed by atoms with Crippen LogP contribution < -0.4 is 0 Å². The Hall–Kier alpha value is -1.19. The quantitative estimate of drug-likeness (QED) is 0.671. The Bertz CT molecular complexity index is 518. The summed E-state index contributed by atoms with van der Waals surface area (Å²) >= 11 is 0. The van der Waals surface area contributed by atoms with E-state index < -0.39 is 14.1 Å². The van der Waals surface area contributed by atoms with Crippen LogP contribution in [0.2, 0.25) is 0 Å². The normalized spacial score (nSPS) is 11.0. The maximum Gasteiger partial charge on any atom is 0.281 e. The summed E-state index contributed by atoms with van der Waals surface area (Å²) in [5.41, 5.74) is 0.930. The van der Waals surface area contributed by atoms with Gasteiger partial charge in [0.05, 0.1) is 11.3 Å². The average Bonchev–Trinajstić information content (AvgIpc) is 2.07. The molecule has 14 heavy (non-hydrogen) atoms. The summed E-state index contributed by atoms with van der Waals surface area (Å²) in [6.45, 7) is 3.22. The van der Waals surface area contributed by atoms with Crippen LogP contribution in [0.5, 0.6) is 0 Å². The maximum atomic E-state index is 11.0. The van der Waals surface area contributed by atoms with Gasteiger partial charge in [-0.1, -0.05) is 0 Å². The zero-order valence-electron chi connectivity index (χ0n) is 7.44. The fourth-order valence-corrected chi connectivity index (χ4v) is 1.79. The van der Waals surface area contributed by atoms with Crippen molar-refractivity contribution in [2.24, 2.45) is 0 Å². The molecule has 0 aromatic carbocycles. The molecule has 0 amide bonds. The van der Waals surface area contributed by atoms with Gasteiger partial charge < -0.3 is 0 Å². The van der Waals surface area contributed by atoms with Crippen molar-refractivity contribution in [1.82, 2.24) is 10.2 Å². The second-order valence-electron chi connectivity index (χ2n) is 2.64. The molecule has 0 spiro atoms. The van der Waals surface area contributed by atoms with Crippen LogP contribution in [0.3, 0.4) is 0 Å². The molecule has 1 aromatic rings. The molecule has 0 aliphatic heterocycles. The number of aryl methyl sites for hydroxylation is 1. The minimum absolute atomic E-state index is 0.0486. The van der Waals surface area contributed by atoms with E-state index in [9.17, 15) is 8.42 Å². The molecule has 0 aliphatic rings. The highest BCUT2D eigenvalue weighted by Crippen LogP contribution is 2.20. The monoisotopic (exact) mass is 231 g/mol. The minimum Gasteiger partial charge on any atom is -0.205 e. The highest BCUT2D eigenvalue weighted by Gasteiger charge is 2.21. The number of nitrogens with zero attached hydrogens (tertiary/aromatic N) is 3. The summed E-state index contributed by atoms with van der Waals surface area (Å²) in [5, 5.41) is 15.2. The fourth-order valence-electron chi connectivity index (χ4n) is 0.889. The molecule has 1 rings (SSSR count). The van der Waals surface area contributed by atoms with E-state index in [1.807, 2.05) is 0 Å². The molecule has 0 saturated carbocycles. The molecule has 5 nitrogen and oxygen atoms in total. The summed E-state index contributed by atoms with van der Waals surface area (Å²) in [4.78, 5) is 0. The van der Waals surface area contributed by atoms with Gasteiger partial charge in [0.15, 0.2) is 0 Å². The number of hydrogen-bond donors (Lipinski definition) is 0. The van der Waals surface area contributed by atoms with Crippen LogP contribution in [0.4, 0.5) is 0 Å². The fraction of sp³-hybridized carbons (Fsp3) is 0.286. The van der Waals surface area contributed by atoms with Crippen molar-refractivity contribution in [1.29, 1.82) is 5.26 Å². The van der Waals surface area contributed by atoms with Gasteiger partial charge in [-0.25, -0.2) is 8.42 Å². The Morgan fingerprint density at radius 1 is 1.36 bits per heavy atom. The van der Waals surface area contributed by atoms with Crippen LogP contribution in [-0.2, 0) is 9.05 Å². The van der Waals surface area contributed by atoms with Crippen molar-refractivity contribution in [2.75, 3.05) is 0 Å². The van der Waals surface area contributed by atoms with Gasteiger partial charge >= 0.3 is 0 Å². The number of nitriles is 1. The van der Waals surface area contributed by atoms with Crippen LogP contribution in [0.25, 0.3) is 0 Å². The van der Waals surface area contributed by atoms with Crippen molar-refractivity contribution >= 4 is 19.7 Å². The van der Waals surface area contributed by atoms with Crippen molar-refractivity contribution in [3.05, 3.63) is 16.8 Å². The predicted octanol–water partition coefficient (Wildman–Crippen LogP) is 0.893. The van der Waals surface area contributed by atoms with Gasteiger partial charge in [0.1, 0.15) is 6.07 Å². The predicted molar refractivity (Wildman–Crippen MR) is 49.3 cm³/mol.